The molecule has 0 atom stereocenters. The SMILES string of the molecule is CC(C)c1ccc(CNC(=O)c2ccc(Nc3ccnc(-c4ccc(F)cc4)n3)cc2)cc1. The molecule has 0 aliphatic rings. The molecule has 0 saturated carbocycles. The Balaban J connectivity index is 1.36. The molecule has 0 fully saturated rings. The van der Waals surface area contributed by atoms with Crippen molar-refractivity contribution < 1.29 is 9.18 Å². The van der Waals surface area contributed by atoms with Crippen molar-refractivity contribution in [2.45, 2.75) is 26.3 Å². The van der Waals surface area contributed by atoms with Crippen LogP contribution in [-0.4, -0.2) is 15.9 Å². The highest BCUT2D eigenvalue weighted by molar-refractivity contribution is 5.94. The summed E-state index contributed by atoms with van der Waals surface area (Å²) in [6.45, 7) is 4.79. The highest BCUT2D eigenvalue weighted by Gasteiger charge is 2.07. The summed E-state index contributed by atoms with van der Waals surface area (Å²) in [5, 5.41) is 6.16. The van der Waals surface area contributed by atoms with Gasteiger partial charge in [0.2, 0.25) is 0 Å². The van der Waals surface area contributed by atoms with Crippen molar-refractivity contribution in [3.05, 3.63) is 108 Å². The first-order chi connectivity index (χ1) is 16.0. The molecule has 0 aliphatic heterocycles. The number of rotatable bonds is 7. The van der Waals surface area contributed by atoms with Crippen LogP contribution in [0.4, 0.5) is 15.9 Å². The summed E-state index contributed by atoms with van der Waals surface area (Å²) < 4.78 is 13.2. The Morgan fingerprint density at radius 1 is 0.909 bits per heavy atom. The van der Waals surface area contributed by atoms with Crippen LogP contribution in [0.1, 0.15) is 41.3 Å². The van der Waals surface area contributed by atoms with Crippen molar-refractivity contribution in [1.82, 2.24) is 15.3 Å². The second kappa shape index (κ2) is 10.0. The van der Waals surface area contributed by atoms with Crippen molar-refractivity contribution in [3.8, 4) is 11.4 Å². The molecule has 4 aromatic rings. The zero-order chi connectivity index (χ0) is 23.2. The maximum atomic E-state index is 13.2. The fourth-order valence-corrected chi connectivity index (χ4v) is 3.32. The third-order valence-electron chi connectivity index (χ3n) is 5.28. The maximum Gasteiger partial charge on any atom is 0.251 e. The zero-order valence-corrected chi connectivity index (χ0v) is 18.5. The number of nitrogens with zero attached hydrogens (tertiary/aromatic N) is 2. The first kappa shape index (κ1) is 22.1. The van der Waals surface area contributed by atoms with Crippen LogP contribution in [0.5, 0.6) is 0 Å². The summed E-state index contributed by atoms with van der Waals surface area (Å²) in [5.74, 6) is 1.15. The van der Waals surface area contributed by atoms with E-state index < -0.39 is 0 Å². The van der Waals surface area contributed by atoms with Crippen molar-refractivity contribution in [2.75, 3.05) is 5.32 Å². The molecule has 0 unspecified atom stereocenters. The molecule has 33 heavy (non-hydrogen) atoms. The highest BCUT2D eigenvalue weighted by Crippen LogP contribution is 2.20. The number of hydrogen-bond acceptors (Lipinski definition) is 4. The van der Waals surface area contributed by atoms with Gasteiger partial charge in [0.15, 0.2) is 5.82 Å². The third-order valence-corrected chi connectivity index (χ3v) is 5.28. The van der Waals surface area contributed by atoms with Gasteiger partial charge in [-0.25, -0.2) is 14.4 Å². The Bertz CT molecular complexity index is 1220. The largest absolute Gasteiger partial charge is 0.348 e. The van der Waals surface area contributed by atoms with E-state index in [0.717, 1.165) is 16.8 Å². The predicted octanol–water partition coefficient (Wildman–Crippen LogP) is 6.08. The van der Waals surface area contributed by atoms with Gasteiger partial charge in [0.05, 0.1) is 0 Å². The van der Waals surface area contributed by atoms with Gasteiger partial charge in [-0.1, -0.05) is 38.1 Å². The number of carbonyl (C=O) groups is 1. The maximum absolute atomic E-state index is 13.2. The van der Waals surface area contributed by atoms with Crippen molar-refractivity contribution in [3.63, 3.8) is 0 Å². The van der Waals surface area contributed by atoms with Gasteiger partial charge in [0.1, 0.15) is 11.6 Å². The van der Waals surface area contributed by atoms with E-state index in [2.05, 4.69) is 46.6 Å². The first-order valence-electron chi connectivity index (χ1n) is 10.8. The van der Waals surface area contributed by atoms with E-state index in [-0.39, 0.29) is 11.7 Å². The molecule has 166 valence electrons. The summed E-state index contributed by atoms with van der Waals surface area (Å²) in [5.41, 5.74) is 4.44. The summed E-state index contributed by atoms with van der Waals surface area (Å²) in [6, 6.07) is 23.3. The lowest BCUT2D eigenvalue weighted by Crippen LogP contribution is -2.22. The van der Waals surface area contributed by atoms with Crippen molar-refractivity contribution >= 4 is 17.4 Å². The standard InChI is InChI=1S/C27H25FN4O/c1-18(2)20-5-3-19(4-6-20)17-30-27(33)22-9-13-24(14-10-22)31-25-15-16-29-26(32-25)21-7-11-23(28)12-8-21/h3-16,18H,17H2,1-2H3,(H,30,33)(H,29,31,32). The summed E-state index contributed by atoms with van der Waals surface area (Å²) in [4.78, 5) is 21.2. The lowest BCUT2D eigenvalue weighted by Gasteiger charge is -2.10. The van der Waals surface area contributed by atoms with Crippen LogP contribution in [0.3, 0.4) is 0 Å². The Hall–Kier alpha value is -4.06. The fourth-order valence-electron chi connectivity index (χ4n) is 3.32. The van der Waals surface area contributed by atoms with Gasteiger partial charge in [0, 0.05) is 29.6 Å². The zero-order valence-electron chi connectivity index (χ0n) is 18.5. The minimum Gasteiger partial charge on any atom is -0.348 e. The number of amides is 1. The minimum atomic E-state index is -0.304. The lowest BCUT2D eigenvalue weighted by atomic mass is 10.0. The number of nitrogens with one attached hydrogen (secondary N) is 2. The first-order valence-corrected chi connectivity index (χ1v) is 10.8. The van der Waals surface area contributed by atoms with Crippen LogP contribution in [0.2, 0.25) is 0 Å². The lowest BCUT2D eigenvalue weighted by molar-refractivity contribution is 0.0951. The van der Waals surface area contributed by atoms with Gasteiger partial charge >= 0.3 is 0 Å². The fraction of sp³-hybridized carbons (Fsp3) is 0.148. The summed E-state index contributed by atoms with van der Waals surface area (Å²) in [7, 11) is 0. The quantitative estimate of drug-likeness (QED) is 0.365. The molecule has 0 spiro atoms. The number of aromatic nitrogens is 2. The molecule has 5 nitrogen and oxygen atoms in total. The van der Waals surface area contributed by atoms with Gasteiger partial charge in [0.25, 0.3) is 5.91 Å². The topological polar surface area (TPSA) is 66.9 Å². The monoisotopic (exact) mass is 440 g/mol. The van der Waals surface area contributed by atoms with E-state index >= 15 is 0 Å². The Labute approximate surface area is 192 Å². The molecular weight excluding hydrogens is 415 g/mol. The number of anilines is 2. The Morgan fingerprint density at radius 3 is 2.27 bits per heavy atom. The predicted molar refractivity (Wildman–Crippen MR) is 129 cm³/mol. The molecule has 0 aliphatic carbocycles. The molecule has 0 saturated heterocycles. The van der Waals surface area contributed by atoms with Crippen LogP contribution in [0.15, 0.2) is 85.1 Å². The normalized spacial score (nSPS) is 10.8. The van der Waals surface area contributed by atoms with Crippen LogP contribution in [0, 0.1) is 5.82 Å². The second-order valence-corrected chi connectivity index (χ2v) is 8.05. The van der Waals surface area contributed by atoms with E-state index in [1.54, 1.807) is 36.5 Å². The molecule has 4 rings (SSSR count). The van der Waals surface area contributed by atoms with Gasteiger partial charge in [-0.05, 0) is 71.6 Å². The number of benzene rings is 3. The Morgan fingerprint density at radius 2 is 1.61 bits per heavy atom. The van der Waals surface area contributed by atoms with Crippen LogP contribution in [0.25, 0.3) is 11.4 Å². The molecule has 2 N–H and O–H groups in total. The van der Waals surface area contributed by atoms with E-state index in [1.807, 2.05) is 24.3 Å². The van der Waals surface area contributed by atoms with Crippen LogP contribution >= 0.6 is 0 Å². The Kier molecular flexibility index (Phi) is 6.74. The van der Waals surface area contributed by atoms with E-state index in [9.17, 15) is 9.18 Å². The van der Waals surface area contributed by atoms with Crippen LogP contribution < -0.4 is 10.6 Å². The molecule has 0 radical (unpaired) electrons. The highest BCUT2D eigenvalue weighted by atomic mass is 19.1. The van der Waals surface area contributed by atoms with Crippen molar-refractivity contribution in [1.29, 1.82) is 0 Å². The van der Waals surface area contributed by atoms with Crippen LogP contribution in [-0.2, 0) is 6.54 Å². The third kappa shape index (κ3) is 5.80. The molecule has 0 bridgehead atoms. The van der Waals surface area contributed by atoms with Gasteiger partial charge in [-0.2, -0.15) is 0 Å². The molecule has 1 amide bonds. The smallest absolute Gasteiger partial charge is 0.251 e. The summed E-state index contributed by atoms with van der Waals surface area (Å²) in [6.07, 6.45) is 1.64. The molecule has 3 aromatic carbocycles. The number of carbonyl (C=O) groups excluding carboxylic acids is 1. The van der Waals surface area contributed by atoms with E-state index in [4.69, 9.17) is 0 Å². The van der Waals surface area contributed by atoms with Crippen molar-refractivity contribution in [2.24, 2.45) is 0 Å². The average Bonchev–Trinajstić information content (AvgIpc) is 2.84. The molecule has 1 aromatic heterocycles. The minimum absolute atomic E-state index is 0.130. The van der Waals surface area contributed by atoms with Gasteiger partial charge in [-0.3, -0.25) is 4.79 Å². The number of halogens is 1. The molecule has 1 heterocycles. The molecule has 6 heteroatoms. The number of hydrogen-bond donors (Lipinski definition) is 2. The molecular formula is C27H25FN4O. The van der Waals surface area contributed by atoms with E-state index in [1.165, 1.54) is 17.7 Å². The summed E-state index contributed by atoms with van der Waals surface area (Å²) >= 11 is 0. The second-order valence-electron chi connectivity index (χ2n) is 8.05. The van der Waals surface area contributed by atoms with Gasteiger partial charge in [-0.15, -0.1) is 0 Å². The van der Waals surface area contributed by atoms with E-state index in [0.29, 0.717) is 29.7 Å². The average molecular weight is 441 g/mol. The van der Waals surface area contributed by atoms with Gasteiger partial charge < -0.3 is 10.6 Å².